The van der Waals surface area contributed by atoms with Gasteiger partial charge in [-0.05, 0) is 26.0 Å². The predicted octanol–water partition coefficient (Wildman–Crippen LogP) is 1.43. The number of aliphatic hydroxyl groups is 1. The lowest BCUT2D eigenvalue weighted by atomic mass is 10.3. The second-order valence-corrected chi connectivity index (χ2v) is 8.48. The second-order valence-electron chi connectivity index (χ2n) is 6.17. The van der Waals surface area contributed by atoms with Crippen LogP contribution < -0.4 is 0 Å². The zero-order chi connectivity index (χ0) is 17.7. The van der Waals surface area contributed by atoms with Gasteiger partial charge in [0.05, 0.1) is 23.8 Å². The highest BCUT2D eigenvalue weighted by Gasteiger charge is 2.30. The van der Waals surface area contributed by atoms with E-state index in [-0.39, 0.29) is 22.6 Å². The van der Waals surface area contributed by atoms with Gasteiger partial charge in [0.15, 0.2) is 0 Å². The molecule has 8 heteroatoms. The number of benzene rings is 1. The van der Waals surface area contributed by atoms with Crippen molar-refractivity contribution in [3.05, 3.63) is 29.3 Å². The Morgan fingerprint density at radius 2 is 1.83 bits per heavy atom. The van der Waals surface area contributed by atoms with E-state index in [1.165, 1.54) is 10.4 Å². The summed E-state index contributed by atoms with van der Waals surface area (Å²) in [6, 6.07) is 6.48. The van der Waals surface area contributed by atoms with E-state index in [9.17, 15) is 13.5 Å². The molecule has 0 aromatic heterocycles. The van der Waals surface area contributed by atoms with Gasteiger partial charge in [-0.2, -0.15) is 4.31 Å². The Labute approximate surface area is 149 Å². The average Bonchev–Trinajstić information content (AvgIpc) is 2.53. The van der Waals surface area contributed by atoms with Crippen LogP contribution in [0, 0.1) is 0 Å². The summed E-state index contributed by atoms with van der Waals surface area (Å²) >= 11 is 6.02. The Balaban J connectivity index is 1.89. The Morgan fingerprint density at radius 1 is 1.21 bits per heavy atom. The van der Waals surface area contributed by atoms with Crippen molar-refractivity contribution in [2.24, 2.45) is 0 Å². The fraction of sp³-hybridized carbons (Fsp3) is 0.625. The maximum atomic E-state index is 12.7. The van der Waals surface area contributed by atoms with E-state index in [1.807, 2.05) is 18.7 Å². The van der Waals surface area contributed by atoms with Crippen molar-refractivity contribution in [1.82, 2.24) is 9.21 Å². The number of β-amino-alcohol motifs (C(OH)–C–C–N with tert-alkyl or cyclic N) is 1. The normalized spacial score (nSPS) is 18.9. The minimum absolute atomic E-state index is 0.0808. The second kappa shape index (κ2) is 8.60. The van der Waals surface area contributed by atoms with Gasteiger partial charge in [-0.25, -0.2) is 8.42 Å². The Bertz CT molecular complexity index is 631. The highest BCUT2D eigenvalue weighted by molar-refractivity contribution is 7.89. The predicted molar refractivity (Wildman–Crippen MR) is 93.7 cm³/mol. The lowest BCUT2D eigenvalue weighted by Crippen LogP contribution is -2.50. The van der Waals surface area contributed by atoms with E-state index < -0.39 is 16.1 Å². The number of hydrogen-bond donors (Lipinski definition) is 1. The fourth-order valence-electron chi connectivity index (χ4n) is 2.60. The van der Waals surface area contributed by atoms with Crippen molar-refractivity contribution in [3.8, 4) is 0 Å². The molecule has 1 aliphatic rings. The molecular weight excluding hydrogens is 352 g/mol. The van der Waals surface area contributed by atoms with Crippen molar-refractivity contribution in [2.45, 2.75) is 31.0 Å². The third-order valence-electron chi connectivity index (χ3n) is 3.88. The molecule has 0 aliphatic carbocycles. The number of sulfonamides is 1. The minimum Gasteiger partial charge on any atom is -0.389 e. The summed E-state index contributed by atoms with van der Waals surface area (Å²) in [5.74, 6) is 0. The largest absolute Gasteiger partial charge is 0.389 e. The fourth-order valence-corrected chi connectivity index (χ4v) is 4.52. The molecule has 6 nitrogen and oxygen atoms in total. The molecule has 1 N–H and O–H groups in total. The van der Waals surface area contributed by atoms with Gasteiger partial charge < -0.3 is 9.84 Å². The molecule has 0 radical (unpaired) electrons. The van der Waals surface area contributed by atoms with E-state index >= 15 is 0 Å². The van der Waals surface area contributed by atoms with Crippen LogP contribution in [0.5, 0.6) is 0 Å². The number of rotatable bonds is 7. The zero-order valence-electron chi connectivity index (χ0n) is 14.1. The van der Waals surface area contributed by atoms with Gasteiger partial charge in [0, 0.05) is 32.7 Å². The van der Waals surface area contributed by atoms with Crippen LogP contribution >= 0.6 is 11.6 Å². The lowest BCUT2D eigenvalue weighted by molar-refractivity contribution is -0.0117. The van der Waals surface area contributed by atoms with Gasteiger partial charge in [0.2, 0.25) is 10.0 Å². The van der Waals surface area contributed by atoms with E-state index in [0.29, 0.717) is 32.7 Å². The third-order valence-corrected chi connectivity index (χ3v) is 6.28. The number of aliphatic hydroxyl groups excluding tert-OH is 1. The smallest absolute Gasteiger partial charge is 0.244 e. The highest BCUT2D eigenvalue weighted by Crippen LogP contribution is 2.24. The van der Waals surface area contributed by atoms with E-state index in [4.69, 9.17) is 16.3 Å². The van der Waals surface area contributed by atoms with Crippen LogP contribution in [0.1, 0.15) is 13.8 Å². The molecule has 2 rings (SSSR count). The molecule has 1 heterocycles. The molecule has 1 aromatic carbocycles. The molecule has 0 saturated carbocycles. The summed E-state index contributed by atoms with van der Waals surface area (Å²) in [5.41, 5.74) is 0. The molecule has 24 heavy (non-hydrogen) atoms. The Kier molecular flexibility index (Phi) is 7.03. The maximum absolute atomic E-state index is 12.7. The van der Waals surface area contributed by atoms with Gasteiger partial charge in [-0.3, -0.25) is 4.90 Å². The SMILES string of the molecule is CC(C)OCC(O)CN1CCN(S(=O)(=O)c2ccccc2Cl)CC1. The molecular formula is C16H25ClN2O4S. The summed E-state index contributed by atoms with van der Waals surface area (Å²) < 4.78 is 32.2. The van der Waals surface area contributed by atoms with Crippen molar-refractivity contribution in [3.63, 3.8) is 0 Å². The standard InChI is InChI=1S/C16H25ClN2O4S/c1-13(2)23-12-14(20)11-18-7-9-19(10-8-18)24(21,22)16-6-4-3-5-15(16)17/h3-6,13-14,20H,7-12H2,1-2H3. The summed E-state index contributed by atoms with van der Waals surface area (Å²) in [6.07, 6.45) is -0.489. The molecule has 0 spiro atoms. The maximum Gasteiger partial charge on any atom is 0.244 e. The van der Waals surface area contributed by atoms with E-state index in [1.54, 1.807) is 18.2 Å². The third kappa shape index (κ3) is 5.15. The van der Waals surface area contributed by atoms with Gasteiger partial charge in [-0.1, -0.05) is 23.7 Å². The highest BCUT2D eigenvalue weighted by atomic mass is 35.5. The van der Waals surface area contributed by atoms with Crippen molar-refractivity contribution < 1.29 is 18.3 Å². The minimum atomic E-state index is -3.58. The number of halogens is 1. The van der Waals surface area contributed by atoms with Crippen LogP contribution in [-0.2, 0) is 14.8 Å². The van der Waals surface area contributed by atoms with E-state index in [2.05, 4.69) is 0 Å². The molecule has 1 saturated heterocycles. The number of nitrogens with zero attached hydrogens (tertiary/aromatic N) is 2. The van der Waals surface area contributed by atoms with Gasteiger partial charge >= 0.3 is 0 Å². The molecule has 1 aromatic rings. The van der Waals surface area contributed by atoms with Crippen LogP contribution in [-0.4, -0.2) is 74.3 Å². The molecule has 1 aliphatic heterocycles. The first-order chi connectivity index (χ1) is 11.3. The zero-order valence-corrected chi connectivity index (χ0v) is 15.6. The topological polar surface area (TPSA) is 70.1 Å². The first kappa shape index (κ1) is 19.6. The average molecular weight is 377 g/mol. The van der Waals surface area contributed by atoms with Crippen molar-refractivity contribution in [1.29, 1.82) is 0 Å². The van der Waals surface area contributed by atoms with Crippen LogP contribution in [0.25, 0.3) is 0 Å². The quantitative estimate of drug-likeness (QED) is 0.779. The summed E-state index contributed by atoms with van der Waals surface area (Å²) in [7, 11) is -3.58. The van der Waals surface area contributed by atoms with Gasteiger partial charge in [-0.15, -0.1) is 0 Å². The summed E-state index contributed by atoms with van der Waals surface area (Å²) in [5, 5.41) is 10.2. The number of ether oxygens (including phenoxy) is 1. The summed E-state index contributed by atoms with van der Waals surface area (Å²) in [4.78, 5) is 2.19. The van der Waals surface area contributed by atoms with Crippen LogP contribution in [0.2, 0.25) is 5.02 Å². The monoisotopic (exact) mass is 376 g/mol. The molecule has 0 amide bonds. The summed E-state index contributed by atoms with van der Waals surface area (Å²) in [6.45, 7) is 6.51. The van der Waals surface area contributed by atoms with E-state index in [0.717, 1.165) is 0 Å². The van der Waals surface area contributed by atoms with Crippen LogP contribution in [0.4, 0.5) is 0 Å². The van der Waals surface area contributed by atoms with Crippen molar-refractivity contribution in [2.75, 3.05) is 39.3 Å². The molecule has 1 atom stereocenters. The van der Waals surface area contributed by atoms with Crippen molar-refractivity contribution >= 4 is 21.6 Å². The molecule has 136 valence electrons. The molecule has 0 bridgehead atoms. The lowest BCUT2D eigenvalue weighted by Gasteiger charge is -2.35. The van der Waals surface area contributed by atoms with Gasteiger partial charge in [0.25, 0.3) is 0 Å². The number of hydrogen-bond acceptors (Lipinski definition) is 5. The Morgan fingerprint density at radius 3 is 2.42 bits per heavy atom. The molecule has 1 fully saturated rings. The van der Waals surface area contributed by atoms with Gasteiger partial charge in [0.1, 0.15) is 4.90 Å². The Hall–Kier alpha value is -0.700. The van der Waals surface area contributed by atoms with Crippen LogP contribution in [0.3, 0.4) is 0 Å². The van der Waals surface area contributed by atoms with Crippen LogP contribution in [0.15, 0.2) is 29.2 Å². The first-order valence-electron chi connectivity index (χ1n) is 8.07. The molecule has 1 unspecified atom stereocenters. The number of piperazine rings is 1. The first-order valence-corrected chi connectivity index (χ1v) is 9.89.